The molecule has 0 saturated carbocycles. The summed E-state index contributed by atoms with van der Waals surface area (Å²) in [4.78, 5) is 4.68. The van der Waals surface area contributed by atoms with Crippen molar-refractivity contribution in [1.29, 1.82) is 0 Å². The molecule has 1 saturated heterocycles. The molecular weight excluding hydrogens is 300 g/mol. The minimum absolute atomic E-state index is 0.00567. The summed E-state index contributed by atoms with van der Waals surface area (Å²) >= 11 is 6.32. The second-order valence-electron chi connectivity index (χ2n) is 6.06. The number of rotatable bonds is 6. The van der Waals surface area contributed by atoms with Crippen LogP contribution >= 0.6 is 11.6 Å². The van der Waals surface area contributed by atoms with Crippen molar-refractivity contribution < 1.29 is 9.84 Å². The highest BCUT2D eigenvalue weighted by molar-refractivity contribution is 6.32. The maximum atomic E-state index is 9.86. The molecule has 0 bridgehead atoms. The van der Waals surface area contributed by atoms with E-state index in [1.807, 2.05) is 18.2 Å². The molecule has 0 amide bonds. The molecule has 22 heavy (non-hydrogen) atoms. The number of ether oxygens (including phenoxy) is 1. The third kappa shape index (κ3) is 4.13. The topological polar surface area (TPSA) is 35.9 Å². The fourth-order valence-corrected chi connectivity index (χ4v) is 3.09. The molecule has 0 aromatic heterocycles. The van der Waals surface area contributed by atoms with Gasteiger partial charge in [0.05, 0.1) is 24.3 Å². The lowest BCUT2D eigenvalue weighted by Crippen LogP contribution is -2.51. The minimum Gasteiger partial charge on any atom is -0.492 e. The van der Waals surface area contributed by atoms with Crippen LogP contribution in [0.5, 0.6) is 5.75 Å². The standard InChI is InChI=1S/C17H27ClN2O2/c1-4-9-22-17-6-5-14(10-15(17)18)16(12-21)20-8-7-19(3)13(2)11-20/h5-6,10,13,16,21H,4,7-9,11-12H2,1-3H3. The van der Waals surface area contributed by atoms with Crippen LogP contribution in [-0.2, 0) is 0 Å². The Morgan fingerprint density at radius 1 is 1.41 bits per heavy atom. The fraction of sp³-hybridized carbons (Fsp3) is 0.647. The van der Waals surface area contributed by atoms with E-state index in [4.69, 9.17) is 16.3 Å². The summed E-state index contributed by atoms with van der Waals surface area (Å²) in [5.74, 6) is 0.718. The molecule has 1 aromatic carbocycles. The van der Waals surface area contributed by atoms with Crippen LogP contribution in [0, 0.1) is 0 Å². The molecule has 124 valence electrons. The summed E-state index contributed by atoms with van der Waals surface area (Å²) in [6.45, 7) is 7.97. The second kappa shape index (κ2) is 8.16. The van der Waals surface area contributed by atoms with Gasteiger partial charge in [-0.25, -0.2) is 0 Å². The van der Waals surface area contributed by atoms with Gasteiger partial charge < -0.3 is 14.7 Å². The van der Waals surface area contributed by atoms with Gasteiger partial charge in [0.15, 0.2) is 0 Å². The monoisotopic (exact) mass is 326 g/mol. The molecule has 5 heteroatoms. The van der Waals surface area contributed by atoms with Gasteiger partial charge in [-0.3, -0.25) is 4.90 Å². The minimum atomic E-state index is -0.00567. The molecule has 0 radical (unpaired) electrons. The van der Waals surface area contributed by atoms with Crippen molar-refractivity contribution in [3.05, 3.63) is 28.8 Å². The molecule has 0 spiro atoms. The van der Waals surface area contributed by atoms with E-state index in [2.05, 4.69) is 30.7 Å². The summed E-state index contributed by atoms with van der Waals surface area (Å²) in [5, 5.41) is 10.5. The van der Waals surface area contributed by atoms with Crippen LogP contribution in [0.2, 0.25) is 5.02 Å². The largest absolute Gasteiger partial charge is 0.492 e. The van der Waals surface area contributed by atoms with Gasteiger partial charge in [-0.05, 0) is 38.1 Å². The number of benzene rings is 1. The molecule has 1 N–H and O–H groups in total. The molecule has 2 atom stereocenters. The van der Waals surface area contributed by atoms with Crippen LogP contribution in [0.1, 0.15) is 31.9 Å². The predicted molar refractivity (Wildman–Crippen MR) is 90.7 cm³/mol. The lowest BCUT2D eigenvalue weighted by atomic mass is 10.0. The summed E-state index contributed by atoms with van der Waals surface area (Å²) in [7, 11) is 2.15. The van der Waals surface area contributed by atoms with E-state index in [1.165, 1.54) is 0 Å². The Kier molecular flexibility index (Phi) is 6.50. The third-order valence-corrected chi connectivity index (χ3v) is 4.70. The lowest BCUT2D eigenvalue weighted by Gasteiger charge is -2.41. The molecule has 1 aliphatic heterocycles. The van der Waals surface area contributed by atoms with E-state index in [0.717, 1.165) is 37.4 Å². The van der Waals surface area contributed by atoms with Crippen molar-refractivity contribution in [2.45, 2.75) is 32.4 Å². The number of aliphatic hydroxyl groups is 1. The summed E-state index contributed by atoms with van der Waals surface area (Å²) in [5.41, 5.74) is 1.05. The summed E-state index contributed by atoms with van der Waals surface area (Å²) in [6, 6.07) is 6.34. The molecule has 4 nitrogen and oxygen atoms in total. The van der Waals surface area contributed by atoms with Crippen molar-refractivity contribution in [3.63, 3.8) is 0 Å². The number of hydrogen-bond acceptors (Lipinski definition) is 4. The van der Waals surface area contributed by atoms with Crippen LogP contribution in [0.4, 0.5) is 0 Å². The predicted octanol–water partition coefficient (Wildman–Crippen LogP) is 2.80. The Hall–Kier alpha value is -0.810. The van der Waals surface area contributed by atoms with Gasteiger partial charge in [0.1, 0.15) is 5.75 Å². The number of piperazine rings is 1. The van der Waals surface area contributed by atoms with Gasteiger partial charge in [-0.2, -0.15) is 0 Å². The zero-order chi connectivity index (χ0) is 16.1. The maximum absolute atomic E-state index is 9.86. The highest BCUT2D eigenvalue weighted by Gasteiger charge is 2.27. The van der Waals surface area contributed by atoms with Crippen molar-refractivity contribution in [2.24, 2.45) is 0 Å². The number of hydrogen-bond donors (Lipinski definition) is 1. The maximum Gasteiger partial charge on any atom is 0.137 e. The molecule has 1 heterocycles. The van der Waals surface area contributed by atoms with Crippen molar-refractivity contribution >= 4 is 11.6 Å². The van der Waals surface area contributed by atoms with E-state index in [-0.39, 0.29) is 12.6 Å². The van der Waals surface area contributed by atoms with Crippen LogP contribution in [0.25, 0.3) is 0 Å². The Morgan fingerprint density at radius 3 is 2.77 bits per heavy atom. The van der Waals surface area contributed by atoms with Crippen LogP contribution in [-0.4, -0.2) is 60.8 Å². The first-order valence-corrected chi connectivity index (χ1v) is 8.42. The van der Waals surface area contributed by atoms with Gasteiger partial charge in [0.25, 0.3) is 0 Å². The van der Waals surface area contributed by atoms with Gasteiger partial charge in [-0.15, -0.1) is 0 Å². The smallest absolute Gasteiger partial charge is 0.137 e. The average molecular weight is 327 g/mol. The Labute approximate surface area is 138 Å². The molecule has 1 aliphatic rings. The first-order valence-electron chi connectivity index (χ1n) is 8.04. The van der Waals surface area contributed by atoms with E-state index in [9.17, 15) is 5.11 Å². The first kappa shape index (κ1) is 17.5. The van der Waals surface area contributed by atoms with Gasteiger partial charge in [-0.1, -0.05) is 24.6 Å². The second-order valence-corrected chi connectivity index (χ2v) is 6.47. The Bertz CT molecular complexity index is 484. The normalized spacial score (nSPS) is 21.8. The van der Waals surface area contributed by atoms with Crippen LogP contribution in [0.15, 0.2) is 18.2 Å². The van der Waals surface area contributed by atoms with Gasteiger partial charge in [0.2, 0.25) is 0 Å². The molecule has 1 fully saturated rings. The zero-order valence-electron chi connectivity index (χ0n) is 13.8. The SMILES string of the molecule is CCCOc1ccc(C(CO)N2CCN(C)C(C)C2)cc1Cl. The number of nitrogens with zero attached hydrogens (tertiary/aromatic N) is 2. The first-order chi connectivity index (χ1) is 10.6. The molecule has 1 aromatic rings. The van der Waals surface area contributed by atoms with E-state index in [0.29, 0.717) is 17.7 Å². The fourth-order valence-electron chi connectivity index (χ4n) is 2.84. The zero-order valence-corrected chi connectivity index (χ0v) is 14.5. The lowest BCUT2D eigenvalue weighted by molar-refractivity contribution is 0.0464. The highest BCUT2D eigenvalue weighted by Crippen LogP contribution is 2.31. The Balaban J connectivity index is 2.12. The molecular formula is C17H27ClN2O2. The quantitative estimate of drug-likeness (QED) is 0.872. The number of halogens is 1. The van der Waals surface area contributed by atoms with Gasteiger partial charge in [0, 0.05) is 25.7 Å². The summed E-state index contributed by atoms with van der Waals surface area (Å²) in [6.07, 6.45) is 0.955. The van der Waals surface area contributed by atoms with Gasteiger partial charge >= 0.3 is 0 Å². The van der Waals surface area contributed by atoms with Crippen molar-refractivity contribution in [2.75, 3.05) is 39.9 Å². The van der Waals surface area contributed by atoms with Crippen LogP contribution < -0.4 is 4.74 Å². The average Bonchev–Trinajstić information content (AvgIpc) is 2.51. The third-order valence-electron chi connectivity index (χ3n) is 4.41. The van der Waals surface area contributed by atoms with E-state index in [1.54, 1.807) is 0 Å². The van der Waals surface area contributed by atoms with Crippen LogP contribution in [0.3, 0.4) is 0 Å². The molecule has 2 rings (SSSR count). The highest BCUT2D eigenvalue weighted by atomic mass is 35.5. The number of aliphatic hydroxyl groups excluding tert-OH is 1. The summed E-state index contributed by atoms with van der Waals surface area (Å²) < 4.78 is 5.62. The molecule has 0 aliphatic carbocycles. The number of likely N-dealkylation sites (N-methyl/N-ethyl adjacent to an activating group) is 1. The van der Waals surface area contributed by atoms with Crippen molar-refractivity contribution in [1.82, 2.24) is 9.80 Å². The Morgan fingerprint density at radius 2 is 2.18 bits per heavy atom. The van der Waals surface area contributed by atoms with E-state index < -0.39 is 0 Å². The van der Waals surface area contributed by atoms with E-state index >= 15 is 0 Å². The van der Waals surface area contributed by atoms with Crippen molar-refractivity contribution in [3.8, 4) is 5.75 Å². The molecule has 2 unspecified atom stereocenters.